The Balaban J connectivity index is 1.59. The molecule has 0 bridgehead atoms. The summed E-state index contributed by atoms with van der Waals surface area (Å²) in [5.41, 5.74) is 2.64. The largest absolute Gasteiger partial charge is 0.391 e. The number of nitrogens with zero attached hydrogens (tertiary/aromatic N) is 3. The molecule has 6 nitrogen and oxygen atoms in total. The van der Waals surface area contributed by atoms with Crippen molar-refractivity contribution in [2.45, 2.75) is 12.5 Å². The monoisotopic (exact) mass is 334 g/mol. The van der Waals surface area contributed by atoms with Gasteiger partial charge in [-0.3, -0.25) is 14.8 Å². The first-order valence-corrected chi connectivity index (χ1v) is 8.25. The average Bonchev–Trinajstić information content (AvgIpc) is 3.09. The summed E-state index contributed by atoms with van der Waals surface area (Å²) in [4.78, 5) is 23.2. The molecule has 3 aromatic rings. The van der Waals surface area contributed by atoms with Crippen LogP contribution >= 0.6 is 0 Å². The molecule has 6 heteroatoms. The zero-order valence-corrected chi connectivity index (χ0v) is 13.6. The molecule has 126 valence electrons. The Morgan fingerprint density at radius 2 is 2.04 bits per heavy atom. The van der Waals surface area contributed by atoms with Crippen LogP contribution in [0.5, 0.6) is 0 Å². The number of hydrogen-bond acceptors (Lipinski definition) is 5. The second-order valence-electron chi connectivity index (χ2n) is 6.12. The summed E-state index contributed by atoms with van der Waals surface area (Å²) in [6.07, 6.45) is 3.75. The van der Waals surface area contributed by atoms with Gasteiger partial charge in [0.15, 0.2) is 0 Å². The van der Waals surface area contributed by atoms with Crippen LogP contribution in [0.3, 0.4) is 0 Å². The van der Waals surface area contributed by atoms with Crippen LogP contribution in [0.2, 0.25) is 0 Å². The number of β-amino-alcohol motifs (C(OH)–C–C–N with tert-alkyl or cyclic N) is 1. The summed E-state index contributed by atoms with van der Waals surface area (Å²) in [5.74, 6) is -0.278. The lowest BCUT2D eigenvalue weighted by atomic mass is 10.2. The Hall–Kier alpha value is -2.99. The minimum Gasteiger partial charge on any atom is -0.391 e. The van der Waals surface area contributed by atoms with E-state index >= 15 is 0 Å². The van der Waals surface area contributed by atoms with Crippen LogP contribution in [-0.4, -0.2) is 40.2 Å². The van der Waals surface area contributed by atoms with Crippen molar-refractivity contribution >= 4 is 28.2 Å². The van der Waals surface area contributed by atoms with E-state index in [2.05, 4.69) is 20.2 Å². The SMILES string of the molecule is O=C(Nc1cccc2cccnc12)c1cc(N2CC[C@@H](O)C2)ccn1. The first kappa shape index (κ1) is 15.5. The highest BCUT2D eigenvalue weighted by Gasteiger charge is 2.21. The molecule has 1 atom stereocenters. The predicted octanol–water partition coefficient (Wildman–Crippen LogP) is 2.45. The van der Waals surface area contributed by atoms with Gasteiger partial charge in [-0.15, -0.1) is 0 Å². The molecular formula is C19H18N4O2. The highest BCUT2D eigenvalue weighted by molar-refractivity contribution is 6.07. The standard InChI is InChI=1S/C19H18N4O2/c24-15-7-10-23(12-15)14-6-9-20-17(11-14)19(25)22-16-5-1-3-13-4-2-8-21-18(13)16/h1-6,8-9,11,15,24H,7,10,12H2,(H,22,25)/t15-/m1/s1. The molecule has 1 saturated heterocycles. The molecule has 1 aromatic carbocycles. The molecule has 4 rings (SSSR count). The number of amides is 1. The van der Waals surface area contributed by atoms with E-state index in [1.807, 2.05) is 36.4 Å². The fourth-order valence-electron chi connectivity index (χ4n) is 3.11. The highest BCUT2D eigenvalue weighted by atomic mass is 16.3. The van der Waals surface area contributed by atoms with Crippen molar-refractivity contribution in [2.75, 3.05) is 23.3 Å². The number of carbonyl (C=O) groups is 1. The van der Waals surface area contributed by atoms with Gasteiger partial charge >= 0.3 is 0 Å². The molecule has 0 aliphatic carbocycles. The minimum absolute atomic E-state index is 0.278. The topological polar surface area (TPSA) is 78.4 Å². The van der Waals surface area contributed by atoms with Crippen LogP contribution in [0.4, 0.5) is 11.4 Å². The summed E-state index contributed by atoms with van der Waals surface area (Å²) in [5, 5.41) is 13.6. The summed E-state index contributed by atoms with van der Waals surface area (Å²) in [6, 6.07) is 13.1. The number of nitrogens with one attached hydrogen (secondary N) is 1. The van der Waals surface area contributed by atoms with Gasteiger partial charge in [-0.2, -0.15) is 0 Å². The molecule has 1 fully saturated rings. The second kappa shape index (κ2) is 6.49. The van der Waals surface area contributed by atoms with Gasteiger partial charge in [0, 0.05) is 36.6 Å². The van der Waals surface area contributed by atoms with E-state index < -0.39 is 0 Å². The Labute approximate surface area is 145 Å². The minimum atomic E-state index is -0.313. The van der Waals surface area contributed by atoms with Crippen LogP contribution in [0.1, 0.15) is 16.9 Å². The van der Waals surface area contributed by atoms with Crippen molar-refractivity contribution in [2.24, 2.45) is 0 Å². The van der Waals surface area contributed by atoms with Crippen molar-refractivity contribution in [3.8, 4) is 0 Å². The number of para-hydroxylation sites is 1. The fraction of sp³-hybridized carbons (Fsp3) is 0.211. The van der Waals surface area contributed by atoms with Crippen molar-refractivity contribution in [3.63, 3.8) is 0 Å². The Morgan fingerprint density at radius 3 is 2.88 bits per heavy atom. The fourth-order valence-corrected chi connectivity index (χ4v) is 3.11. The maximum Gasteiger partial charge on any atom is 0.274 e. The number of benzene rings is 1. The number of carbonyl (C=O) groups excluding carboxylic acids is 1. The van der Waals surface area contributed by atoms with Crippen molar-refractivity contribution in [1.82, 2.24) is 9.97 Å². The van der Waals surface area contributed by atoms with Gasteiger partial charge in [0.05, 0.1) is 17.3 Å². The van der Waals surface area contributed by atoms with E-state index in [4.69, 9.17) is 0 Å². The van der Waals surface area contributed by atoms with E-state index in [0.717, 1.165) is 29.6 Å². The number of fused-ring (bicyclic) bond motifs is 1. The lowest BCUT2D eigenvalue weighted by Crippen LogP contribution is -2.22. The molecule has 1 aliphatic heterocycles. The smallest absolute Gasteiger partial charge is 0.274 e. The van der Waals surface area contributed by atoms with Crippen molar-refractivity contribution < 1.29 is 9.90 Å². The van der Waals surface area contributed by atoms with Gasteiger partial charge in [0.25, 0.3) is 5.91 Å². The number of rotatable bonds is 3. The molecule has 2 aromatic heterocycles. The highest BCUT2D eigenvalue weighted by Crippen LogP contribution is 2.23. The van der Waals surface area contributed by atoms with E-state index in [1.54, 1.807) is 18.5 Å². The number of anilines is 2. The molecule has 1 amide bonds. The average molecular weight is 334 g/mol. The summed E-state index contributed by atoms with van der Waals surface area (Å²) in [6.45, 7) is 1.36. The molecule has 0 radical (unpaired) electrons. The number of hydrogen-bond donors (Lipinski definition) is 2. The Morgan fingerprint density at radius 1 is 1.16 bits per heavy atom. The molecule has 0 unspecified atom stereocenters. The number of aliphatic hydroxyl groups excluding tert-OH is 1. The molecule has 0 spiro atoms. The predicted molar refractivity (Wildman–Crippen MR) is 96.8 cm³/mol. The maximum atomic E-state index is 12.6. The maximum absolute atomic E-state index is 12.6. The van der Waals surface area contributed by atoms with Gasteiger partial charge in [-0.1, -0.05) is 18.2 Å². The van der Waals surface area contributed by atoms with Gasteiger partial charge in [0.1, 0.15) is 5.69 Å². The first-order valence-electron chi connectivity index (χ1n) is 8.25. The van der Waals surface area contributed by atoms with E-state index in [0.29, 0.717) is 17.9 Å². The quantitative estimate of drug-likeness (QED) is 0.769. The number of aliphatic hydroxyl groups is 1. The van der Waals surface area contributed by atoms with Crippen LogP contribution in [-0.2, 0) is 0 Å². The van der Waals surface area contributed by atoms with Crippen molar-refractivity contribution in [3.05, 3.63) is 60.6 Å². The van der Waals surface area contributed by atoms with Crippen LogP contribution in [0.25, 0.3) is 10.9 Å². The molecule has 2 N–H and O–H groups in total. The number of aromatic nitrogens is 2. The summed E-state index contributed by atoms with van der Waals surface area (Å²) >= 11 is 0. The van der Waals surface area contributed by atoms with E-state index in [-0.39, 0.29) is 12.0 Å². The molecule has 3 heterocycles. The van der Waals surface area contributed by atoms with Crippen LogP contribution in [0, 0.1) is 0 Å². The Bertz CT molecular complexity index is 923. The third kappa shape index (κ3) is 3.16. The molecule has 25 heavy (non-hydrogen) atoms. The zero-order valence-electron chi connectivity index (χ0n) is 13.6. The molecule has 0 saturated carbocycles. The zero-order chi connectivity index (χ0) is 17.2. The van der Waals surface area contributed by atoms with Crippen molar-refractivity contribution in [1.29, 1.82) is 0 Å². The lowest BCUT2D eigenvalue weighted by Gasteiger charge is -2.18. The molecule has 1 aliphatic rings. The van der Waals surface area contributed by atoms with Gasteiger partial charge in [-0.05, 0) is 30.7 Å². The first-order chi connectivity index (χ1) is 12.2. The normalized spacial score (nSPS) is 17.0. The molecular weight excluding hydrogens is 316 g/mol. The Kier molecular flexibility index (Phi) is 4.03. The van der Waals surface area contributed by atoms with E-state index in [1.165, 1.54) is 0 Å². The summed E-state index contributed by atoms with van der Waals surface area (Å²) in [7, 11) is 0. The van der Waals surface area contributed by atoms with Gasteiger partial charge in [-0.25, -0.2) is 0 Å². The van der Waals surface area contributed by atoms with Crippen LogP contribution in [0.15, 0.2) is 54.9 Å². The second-order valence-corrected chi connectivity index (χ2v) is 6.12. The summed E-state index contributed by atoms with van der Waals surface area (Å²) < 4.78 is 0. The third-order valence-electron chi connectivity index (χ3n) is 4.39. The third-order valence-corrected chi connectivity index (χ3v) is 4.39. The van der Waals surface area contributed by atoms with Gasteiger partial charge in [0.2, 0.25) is 0 Å². The van der Waals surface area contributed by atoms with Crippen LogP contribution < -0.4 is 10.2 Å². The van der Waals surface area contributed by atoms with Gasteiger partial charge < -0.3 is 15.3 Å². The lowest BCUT2D eigenvalue weighted by molar-refractivity contribution is 0.102. The van der Waals surface area contributed by atoms with E-state index in [9.17, 15) is 9.90 Å². The number of pyridine rings is 2.